The molecule has 1 aromatic rings. The van der Waals surface area contributed by atoms with Gasteiger partial charge in [-0.2, -0.15) is 0 Å². The molecule has 0 saturated heterocycles. The van der Waals surface area contributed by atoms with Crippen LogP contribution < -0.4 is 0 Å². The molecule has 0 bridgehead atoms. The number of hydrogen-bond donors (Lipinski definition) is 0. The summed E-state index contributed by atoms with van der Waals surface area (Å²) in [5, 5.41) is 3.81. The second kappa shape index (κ2) is 5.75. The van der Waals surface area contributed by atoms with Crippen LogP contribution in [-0.4, -0.2) is 6.21 Å². The summed E-state index contributed by atoms with van der Waals surface area (Å²) in [6, 6.07) is 4.03. The molecule has 4 heteroatoms. The van der Waals surface area contributed by atoms with Crippen molar-refractivity contribution in [1.29, 1.82) is 0 Å². The molecule has 2 rings (SSSR count). The topological polar surface area (TPSA) is 21.6 Å². The fourth-order valence-electron chi connectivity index (χ4n) is 2.00. The summed E-state index contributed by atoms with van der Waals surface area (Å²) < 4.78 is 26.1. The highest BCUT2D eigenvalue weighted by Gasteiger charge is 2.12. The van der Waals surface area contributed by atoms with Crippen LogP contribution in [0.2, 0.25) is 0 Å². The fraction of sp³-hybridized carbons (Fsp3) is 0.462. The van der Waals surface area contributed by atoms with E-state index < -0.39 is 11.6 Å². The van der Waals surface area contributed by atoms with Gasteiger partial charge in [-0.1, -0.05) is 30.1 Å². The molecule has 0 spiro atoms. The van der Waals surface area contributed by atoms with Crippen molar-refractivity contribution in [2.24, 2.45) is 11.1 Å². The standard InChI is InChI=1S/C13H15F2NO/c14-12-7-3-6-11(13(12)15)9-17-16-8-10-4-1-2-5-10/h3,6-8,10H,1-2,4-5,9H2. The van der Waals surface area contributed by atoms with Crippen LogP contribution in [0.15, 0.2) is 23.4 Å². The van der Waals surface area contributed by atoms with Crippen molar-refractivity contribution in [2.45, 2.75) is 32.3 Å². The molecular formula is C13H15F2NO. The highest BCUT2D eigenvalue weighted by molar-refractivity contribution is 5.60. The monoisotopic (exact) mass is 239 g/mol. The van der Waals surface area contributed by atoms with Crippen LogP contribution >= 0.6 is 0 Å². The zero-order valence-corrected chi connectivity index (χ0v) is 9.53. The van der Waals surface area contributed by atoms with Crippen molar-refractivity contribution >= 4 is 6.21 Å². The predicted octanol–water partition coefficient (Wildman–Crippen LogP) is 3.66. The molecule has 1 fully saturated rings. The van der Waals surface area contributed by atoms with Crippen molar-refractivity contribution in [2.75, 3.05) is 0 Å². The normalized spacial score (nSPS) is 16.8. The van der Waals surface area contributed by atoms with Gasteiger partial charge in [-0.25, -0.2) is 8.78 Å². The largest absolute Gasteiger partial charge is 0.391 e. The van der Waals surface area contributed by atoms with Gasteiger partial charge in [0.05, 0.1) is 0 Å². The molecule has 0 aromatic heterocycles. The molecule has 1 aliphatic carbocycles. The molecule has 1 aromatic carbocycles. The van der Waals surface area contributed by atoms with Crippen molar-refractivity contribution in [3.63, 3.8) is 0 Å². The number of hydrogen-bond acceptors (Lipinski definition) is 2. The zero-order valence-electron chi connectivity index (χ0n) is 9.53. The molecule has 1 aliphatic rings. The maximum absolute atomic E-state index is 13.2. The number of rotatable bonds is 4. The van der Waals surface area contributed by atoms with Crippen molar-refractivity contribution in [3.8, 4) is 0 Å². The lowest BCUT2D eigenvalue weighted by molar-refractivity contribution is 0.127. The van der Waals surface area contributed by atoms with Crippen LogP contribution in [0.4, 0.5) is 8.78 Å². The molecule has 0 unspecified atom stereocenters. The smallest absolute Gasteiger partial charge is 0.165 e. The van der Waals surface area contributed by atoms with Crippen molar-refractivity contribution < 1.29 is 13.6 Å². The van der Waals surface area contributed by atoms with E-state index in [0.717, 1.165) is 18.9 Å². The van der Waals surface area contributed by atoms with Crippen molar-refractivity contribution in [3.05, 3.63) is 35.4 Å². The summed E-state index contributed by atoms with van der Waals surface area (Å²) in [5.74, 6) is -1.23. The van der Waals surface area contributed by atoms with E-state index in [2.05, 4.69) is 5.16 Å². The van der Waals surface area contributed by atoms with E-state index in [-0.39, 0.29) is 12.2 Å². The lowest BCUT2D eigenvalue weighted by Gasteiger charge is -2.03. The molecule has 17 heavy (non-hydrogen) atoms. The van der Waals surface area contributed by atoms with Gasteiger partial charge in [0.25, 0.3) is 0 Å². The minimum atomic E-state index is -0.858. The van der Waals surface area contributed by atoms with E-state index in [1.807, 2.05) is 0 Å². The number of halogens is 2. The molecule has 0 amide bonds. The second-order valence-corrected chi connectivity index (χ2v) is 4.29. The third kappa shape index (κ3) is 3.25. The first-order valence-electron chi connectivity index (χ1n) is 5.85. The summed E-state index contributed by atoms with van der Waals surface area (Å²) in [6.07, 6.45) is 6.51. The third-order valence-corrected chi connectivity index (χ3v) is 3.00. The average Bonchev–Trinajstić information content (AvgIpc) is 2.83. The van der Waals surface area contributed by atoms with Gasteiger partial charge in [-0.15, -0.1) is 0 Å². The van der Waals surface area contributed by atoms with Gasteiger partial charge in [-0.05, 0) is 24.8 Å². The van der Waals surface area contributed by atoms with E-state index in [4.69, 9.17) is 4.84 Å². The first-order chi connectivity index (χ1) is 8.27. The van der Waals surface area contributed by atoms with Crippen molar-refractivity contribution in [1.82, 2.24) is 0 Å². The van der Waals surface area contributed by atoms with E-state index >= 15 is 0 Å². The molecular weight excluding hydrogens is 224 g/mol. The molecule has 0 N–H and O–H groups in total. The first-order valence-corrected chi connectivity index (χ1v) is 5.85. The Morgan fingerprint density at radius 2 is 2.06 bits per heavy atom. The Bertz CT molecular complexity index is 400. The Hall–Kier alpha value is -1.45. The maximum atomic E-state index is 13.2. The van der Waals surface area contributed by atoms with Crippen LogP contribution in [0, 0.1) is 17.6 Å². The predicted molar refractivity (Wildman–Crippen MR) is 61.6 cm³/mol. The SMILES string of the molecule is Fc1cccc(CON=CC2CCCC2)c1F. The number of benzene rings is 1. The van der Waals surface area contributed by atoms with Crippen LogP contribution in [-0.2, 0) is 11.4 Å². The minimum absolute atomic E-state index is 0.0349. The van der Waals surface area contributed by atoms with Crippen LogP contribution in [0.3, 0.4) is 0 Å². The van der Waals surface area contributed by atoms with Crippen LogP contribution in [0.25, 0.3) is 0 Å². The van der Waals surface area contributed by atoms with Crippen LogP contribution in [0.5, 0.6) is 0 Å². The van der Waals surface area contributed by atoms with E-state index in [1.54, 1.807) is 6.21 Å². The van der Waals surface area contributed by atoms with Gasteiger partial charge < -0.3 is 4.84 Å². The molecule has 1 saturated carbocycles. The first kappa shape index (κ1) is 12.0. The summed E-state index contributed by atoms with van der Waals surface area (Å²) in [6.45, 7) is -0.0349. The molecule has 2 nitrogen and oxygen atoms in total. The number of oxime groups is 1. The molecule has 0 radical (unpaired) electrons. The molecule has 92 valence electrons. The van der Waals surface area contributed by atoms with Gasteiger partial charge >= 0.3 is 0 Å². The Morgan fingerprint density at radius 1 is 1.29 bits per heavy atom. The Kier molecular flexibility index (Phi) is 4.07. The van der Waals surface area contributed by atoms with Gasteiger partial charge in [0.1, 0.15) is 6.61 Å². The van der Waals surface area contributed by atoms with Gasteiger partial charge in [0.15, 0.2) is 11.6 Å². The summed E-state index contributed by atoms with van der Waals surface area (Å²) in [4.78, 5) is 4.98. The van der Waals surface area contributed by atoms with Gasteiger partial charge in [-0.3, -0.25) is 0 Å². The van der Waals surface area contributed by atoms with E-state index in [0.29, 0.717) is 5.92 Å². The minimum Gasteiger partial charge on any atom is -0.391 e. The quantitative estimate of drug-likeness (QED) is 0.580. The van der Waals surface area contributed by atoms with Crippen LogP contribution in [0.1, 0.15) is 31.2 Å². The van der Waals surface area contributed by atoms with E-state index in [1.165, 1.54) is 25.0 Å². The highest BCUT2D eigenvalue weighted by atomic mass is 19.2. The summed E-state index contributed by atoms with van der Waals surface area (Å²) >= 11 is 0. The Balaban J connectivity index is 1.83. The Labute approximate surface area is 99.3 Å². The molecule has 0 heterocycles. The second-order valence-electron chi connectivity index (χ2n) is 4.29. The molecule has 0 atom stereocenters. The lowest BCUT2D eigenvalue weighted by atomic mass is 10.1. The lowest BCUT2D eigenvalue weighted by Crippen LogP contribution is -1.97. The number of nitrogens with zero attached hydrogens (tertiary/aromatic N) is 1. The Morgan fingerprint density at radius 3 is 2.82 bits per heavy atom. The highest BCUT2D eigenvalue weighted by Crippen LogP contribution is 2.22. The maximum Gasteiger partial charge on any atom is 0.165 e. The van der Waals surface area contributed by atoms with Gasteiger partial charge in [0, 0.05) is 11.8 Å². The summed E-state index contributed by atoms with van der Waals surface area (Å²) in [7, 11) is 0. The molecule has 0 aliphatic heterocycles. The van der Waals surface area contributed by atoms with E-state index in [9.17, 15) is 8.78 Å². The summed E-state index contributed by atoms with van der Waals surface area (Å²) in [5.41, 5.74) is 0.188. The third-order valence-electron chi connectivity index (χ3n) is 3.00. The fourth-order valence-corrected chi connectivity index (χ4v) is 2.00. The average molecular weight is 239 g/mol. The zero-order chi connectivity index (χ0) is 12.1. The van der Waals surface area contributed by atoms with Gasteiger partial charge in [0.2, 0.25) is 0 Å².